The molecule has 2 aromatic rings. The summed E-state index contributed by atoms with van der Waals surface area (Å²) in [6.45, 7) is 0. The molecule has 0 N–H and O–H groups in total. The predicted molar refractivity (Wildman–Crippen MR) is 109 cm³/mol. The van der Waals surface area contributed by atoms with Gasteiger partial charge in [-0.05, 0) is 23.8 Å². The summed E-state index contributed by atoms with van der Waals surface area (Å²) in [7, 11) is 2.40. The third-order valence-electron chi connectivity index (χ3n) is 5.93. The van der Waals surface area contributed by atoms with Crippen LogP contribution in [0.25, 0.3) is 6.08 Å². The summed E-state index contributed by atoms with van der Waals surface area (Å²) in [5.41, 5.74) is -3.25. The number of anilines is 2. The van der Waals surface area contributed by atoms with E-state index in [1.54, 1.807) is 42.5 Å². The van der Waals surface area contributed by atoms with E-state index >= 15 is 0 Å². The molecule has 0 radical (unpaired) electrons. The van der Waals surface area contributed by atoms with E-state index in [9.17, 15) is 22.8 Å². The monoisotopic (exact) mass is 442 g/mol. The molecule has 0 saturated heterocycles. The molecule has 3 aliphatic rings. The van der Waals surface area contributed by atoms with E-state index in [0.717, 1.165) is 12.0 Å². The van der Waals surface area contributed by atoms with Gasteiger partial charge in [0.15, 0.2) is 6.23 Å². The highest BCUT2D eigenvalue weighted by molar-refractivity contribution is 6.15. The minimum Gasteiger partial charge on any atom is -0.466 e. The SMILES string of the molecule is COC(=O)C1=C(C(F)(F)F)N2c3ccccc3C=C[C@@H]2O[C@@]12C(=O)N(C)c1ccccc12. The largest absolute Gasteiger partial charge is 0.466 e. The first-order valence-electron chi connectivity index (χ1n) is 9.74. The van der Waals surface area contributed by atoms with Gasteiger partial charge in [-0.1, -0.05) is 42.5 Å². The molecule has 3 aliphatic heterocycles. The number of amides is 1. The van der Waals surface area contributed by atoms with E-state index in [2.05, 4.69) is 0 Å². The number of alkyl halides is 3. The zero-order valence-corrected chi connectivity index (χ0v) is 17.0. The molecule has 1 spiro atoms. The number of hydrogen-bond acceptors (Lipinski definition) is 5. The van der Waals surface area contributed by atoms with Crippen molar-refractivity contribution in [3.63, 3.8) is 0 Å². The fourth-order valence-corrected chi connectivity index (χ4v) is 4.62. The lowest BCUT2D eigenvalue weighted by Crippen LogP contribution is -2.58. The van der Waals surface area contributed by atoms with E-state index in [1.165, 1.54) is 30.2 Å². The number of allylic oxidation sites excluding steroid dienone is 1. The molecule has 0 aromatic heterocycles. The molecular formula is C23H17F3N2O4. The fraction of sp³-hybridized carbons (Fsp3) is 0.217. The van der Waals surface area contributed by atoms with Crippen LogP contribution in [-0.4, -0.2) is 38.4 Å². The van der Waals surface area contributed by atoms with Crippen LogP contribution < -0.4 is 9.80 Å². The van der Waals surface area contributed by atoms with Gasteiger partial charge >= 0.3 is 12.1 Å². The number of ether oxygens (including phenoxy) is 2. The lowest BCUT2D eigenvalue weighted by atomic mass is 9.82. The summed E-state index contributed by atoms with van der Waals surface area (Å²) in [6.07, 6.45) is -3.19. The Bertz CT molecular complexity index is 1220. The molecule has 0 bridgehead atoms. The van der Waals surface area contributed by atoms with Crippen LogP contribution in [-0.2, 0) is 24.7 Å². The zero-order valence-electron chi connectivity index (χ0n) is 17.0. The minimum atomic E-state index is -4.99. The van der Waals surface area contributed by atoms with Gasteiger partial charge in [-0.2, -0.15) is 13.2 Å². The number of hydrogen-bond donors (Lipinski definition) is 0. The molecule has 9 heteroatoms. The average molecular weight is 442 g/mol. The fourth-order valence-electron chi connectivity index (χ4n) is 4.62. The maximum atomic E-state index is 14.7. The topological polar surface area (TPSA) is 59.1 Å². The number of nitrogens with zero attached hydrogens (tertiary/aromatic N) is 2. The molecular weight excluding hydrogens is 425 g/mol. The Hall–Kier alpha value is -3.59. The number of esters is 1. The van der Waals surface area contributed by atoms with Gasteiger partial charge in [0.1, 0.15) is 11.3 Å². The average Bonchev–Trinajstić information content (AvgIpc) is 2.99. The van der Waals surface area contributed by atoms with Crippen molar-refractivity contribution >= 4 is 29.3 Å². The normalized spacial score (nSPS) is 23.9. The van der Waals surface area contributed by atoms with E-state index in [0.29, 0.717) is 11.3 Å². The van der Waals surface area contributed by atoms with Gasteiger partial charge in [-0.3, -0.25) is 4.79 Å². The Morgan fingerprint density at radius 3 is 2.44 bits per heavy atom. The number of methoxy groups -OCH3 is 1. The lowest BCUT2D eigenvalue weighted by Gasteiger charge is -2.47. The Labute approximate surface area is 181 Å². The highest BCUT2D eigenvalue weighted by Gasteiger charge is 2.65. The van der Waals surface area contributed by atoms with Crippen molar-refractivity contribution in [2.45, 2.75) is 18.0 Å². The van der Waals surface area contributed by atoms with Crippen molar-refractivity contribution in [3.05, 3.63) is 77.0 Å². The highest BCUT2D eigenvalue weighted by Crippen LogP contribution is 2.55. The number of likely N-dealkylation sites (N-methyl/N-ethyl adjacent to an activating group) is 1. The molecule has 6 nitrogen and oxygen atoms in total. The number of para-hydroxylation sites is 2. The molecule has 0 fully saturated rings. The molecule has 2 atom stereocenters. The Morgan fingerprint density at radius 2 is 1.75 bits per heavy atom. The zero-order chi connectivity index (χ0) is 22.8. The number of rotatable bonds is 1. The molecule has 0 aliphatic carbocycles. The Morgan fingerprint density at radius 1 is 1.09 bits per heavy atom. The lowest BCUT2D eigenvalue weighted by molar-refractivity contribution is -0.160. The van der Waals surface area contributed by atoms with Crippen molar-refractivity contribution in [3.8, 4) is 0 Å². The third-order valence-corrected chi connectivity index (χ3v) is 5.93. The van der Waals surface area contributed by atoms with Crippen LogP contribution in [0.2, 0.25) is 0 Å². The Balaban J connectivity index is 1.91. The maximum Gasteiger partial charge on any atom is 0.432 e. The van der Waals surface area contributed by atoms with Gasteiger partial charge in [0.2, 0.25) is 5.60 Å². The number of carbonyl (C=O) groups excluding carboxylic acids is 2. The molecule has 0 unspecified atom stereocenters. The quantitative estimate of drug-likeness (QED) is 0.630. The summed E-state index contributed by atoms with van der Waals surface area (Å²) in [4.78, 5) is 28.6. The predicted octanol–water partition coefficient (Wildman–Crippen LogP) is 3.74. The molecule has 1 amide bonds. The van der Waals surface area contributed by atoms with Gasteiger partial charge in [0, 0.05) is 12.6 Å². The molecule has 164 valence electrons. The molecule has 2 aromatic carbocycles. The van der Waals surface area contributed by atoms with Crippen LogP contribution in [0.5, 0.6) is 0 Å². The van der Waals surface area contributed by atoms with E-state index in [1.807, 2.05) is 0 Å². The second-order valence-corrected chi connectivity index (χ2v) is 7.57. The summed E-state index contributed by atoms with van der Waals surface area (Å²) in [5.74, 6) is -2.09. The number of fused-ring (bicyclic) bond motifs is 5. The van der Waals surface area contributed by atoms with E-state index in [-0.39, 0.29) is 11.3 Å². The molecule has 3 heterocycles. The van der Waals surface area contributed by atoms with Gasteiger partial charge in [-0.15, -0.1) is 0 Å². The van der Waals surface area contributed by atoms with E-state index in [4.69, 9.17) is 9.47 Å². The van der Waals surface area contributed by atoms with Crippen LogP contribution >= 0.6 is 0 Å². The second-order valence-electron chi connectivity index (χ2n) is 7.57. The Kier molecular flexibility index (Phi) is 4.26. The van der Waals surface area contributed by atoms with Crippen molar-refractivity contribution < 1.29 is 32.2 Å². The summed E-state index contributed by atoms with van der Waals surface area (Å²) in [5, 5.41) is 0. The molecule has 0 saturated carbocycles. The first kappa shape index (κ1) is 20.3. The van der Waals surface area contributed by atoms with Gasteiger partial charge in [0.05, 0.1) is 18.5 Å². The highest BCUT2D eigenvalue weighted by atomic mass is 19.4. The van der Waals surface area contributed by atoms with E-state index < -0.39 is 41.2 Å². The maximum absolute atomic E-state index is 14.7. The first-order valence-corrected chi connectivity index (χ1v) is 9.74. The van der Waals surface area contributed by atoms with Gasteiger partial charge in [-0.25, -0.2) is 4.79 Å². The second kappa shape index (κ2) is 6.70. The van der Waals surface area contributed by atoms with Crippen molar-refractivity contribution in [2.24, 2.45) is 0 Å². The number of benzene rings is 2. The minimum absolute atomic E-state index is 0.154. The van der Waals surface area contributed by atoms with Gasteiger partial charge in [0.25, 0.3) is 5.91 Å². The number of carbonyl (C=O) groups is 2. The first-order chi connectivity index (χ1) is 15.2. The van der Waals surface area contributed by atoms with Gasteiger partial charge < -0.3 is 19.3 Å². The third kappa shape index (κ3) is 2.51. The van der Waals surface area contributed by atoms with Crippen LogP contribution in [0.1, 0.15) is 11.1 Å². The van der Waals surface area contributed by atoms with Crippen LogP contribution in [0.3, 0.4) is 0 Å². The van der Waals surface area contributed by atoms with Crippen LogP contribution in [0.4, 0.5) is 24.5 Å². The molecule has 32 heavy (non-hydrogen) atoms. The van der Waals surface area contributed by atoms with Crippen molar-refractivity contribution in [2.75, 3.05) is 24.0 Å². The molecule has 5 rings (SSSR count). The van der Waals surface area contributed by atoms with Crippen molar-refractivity contribution in [1.82, 2.24) is 0 Å². The summed E-state index contributed by atoms with van der Waals surface area (Å²) in [6, 6.07) is 12.8. The summed E-state index contributed by atoms with van der Waals surface area (Å²) < 4.78 is 55.0. The smallest absolute Gasteiger partial charge is 0.432 e. The summed E-state index contributed by atoms with van der Waals surface area (Å²) >= 11 is 0. The standard InChI is InChI=1S/C23H17F3N2O4/c1-27-16-10-6-4-8-14(16)22(21(27)30)18(20(29)31-2)19(23(24,25)26)28-15-9-5-3-7-13(15)11-12-17(28)32-22/h3-12,17H,1-2H3/t17-,22+/m0/s1. The van der Waals surface area contributed by atoms with Crippen molar-refractivity contribution in [1.29, 1.82) is 0 Å². The van der Waals surface area contributed by atoms with Crippen LogP contribution in [0.15, 0.2) is 65.9 Å². The van der Waals surface area contributed by atoms with Crippen LogP contribution in [0, 0.1) is 0 Å². The number of halogens is 3.